The first-order chi connectivity index (χ1) is 13.4. The van der Waals surface area contributed by atoms with Crippen LogP contribution in [-0.2, 0) is 19.6 Å². The first-order valence-electron chi connectivity index (χ1n) is 9.78. The number of nitrogens with zero attached hydrogens (tertiary/aromatic N) is 6. The van der Waals surface area contributed by atoms with Crippen molar-refractivity contribution >= 4 is 5.82 Å². The van der Waals surface area contributed by atoms with Gasteiger partial charge in [-0.2, -0.15) is 18.3 Å². The quantitative estimate of drug-likeness (QED) is 0.754. The zero-order valence-electron chi connectivity index (χ0n) is 15.9. The molecule has 0 unspecified atom stereocenters. The molecule has 0 aromatic carbocycles. The highest BCUT2D eigenvalue weighted by Crippen LogP contribution is 2.37. The molecule has 0 atom stereocenters. The number of halogens is 3. The topological polar surface area (TPSA) is 50.1 Å². The molecule has 28 heavy (non-hydrogen) atoms. The van der Waals surface area contributed by atoms with Gasteiger partial charge >= 0.3 is 6.18 Å². The lowest BCUT2D eigenvalue weighted by atomic mass is 10.0. The Hall–Kier alpha value is -2.16. The van der Waals surface area contributed by atoms with Gasteiger partial charge in [0.05, 0.1) is 0 Å². The minimum absolute atomic E-state index is 0.233. The lowest BCUT2D eigenvalue weighted by Gasteiger charge is -2.39. The van der Waals surface area contributed by atoms with Gasteiger partial charge in [0.2, 0.25) is 0 Å². The fourth-order valence-corrected chi connectivity index (χ4v) is 4.01. The lowest BCUT2D eigenvalue weighted by Crippen LogP contribution is -2.47. The van der Waals surface area contributed by atoms with E-state index in [0.717, 1.165) is 64.1 Å². The van der Waals surface area contributed by atoms with Crippen molar-refractivity contribution in [2.75, 3.05) is 24.5 Å². The van der Waals surface area contributed by atoms with E-state index in [1.807, 2.05) is 24.0 Å². The predicted octanol–water partition coefficient (Wildman–Crippen LogP) is 2.90. The number of anilines is 1. The summed E-state index contributed by atoms with van der Waals surface area (Å²) in [4.78, 5) is 12.1. The van der Waals surface area contributed by atoms with E-state index in [9.17, 15) is 13.2 Å². The zero-order chi connectivity index (χ0) is 19.7. The van der Waals surface area contributed by atoms with Crippen LogP contribution >= 0.6 is 0 Å². The molecule has 1 aliphatic heterocycles. The van der Waals surface area contributed by atoms with Gasteiger partial charge in [-0.15, -0.1) is 0 Å². The highest BCUT2D eigenvalue weighted by molar-refractivity contribution is 5.44. The summed E-state index contributed by atoms with van der Waals surface area (Å²) in [5, 5.41) is 4.20. The van der Waals surface area contributed by atoms with Crippen LogP contribution in [0.2, 0.25) is 0 Å². The normalized spacial score (nSPS) is 19.1. The SMILES string of the molecule is Cn1nccc1CCN1CCC(N(c2cc(C(F)(F)F)ncn2)C2CC2)CC1. The van der Waals surface area contributed by atoms with E-state index in [4.69, 9.17) is 0 Å². The summed E-state index contributed by atoms with van der Waals surface area (Å²) in [7, 11) is 1.95. The molecule has 9 heteroatoms. The van der Waals surface area contributed by atoms with E-state index in [0.29, 0.717) is 11.9 Å². The van der Waals surface area contributed by atoms with Crippen LogP contribution in [0.5, 0.6) is 0 Å². The average molecular weight is 394 g/mol. The van der Waals surface area contributed by atoms with Gasteiger partial charge in [0.15, 0.2) is 0 Å². The summed E-state index contributed by atoms with van der Waals surface area (Å²) in [6.07, 6.45) is 3.28. The number of likely N-dealkylation sites (tertiary alicyclic amines) is 1. The molecule has 2 aromatic heterocycles. The van der Waals surface area contributed by atoms with Gasteiger partial charge in [0, 0.05) is 63.1 Å². The number of aromatic nitrogens is 4. The second kappa shape index (κ2) is 7.69. The Bertz CT molecular complexity index is 793. The average Bonchev–Trinajstić information content (AvgIpc) is 3.42. The molecule has 1 saturated carbocycles. The molecule has 1 aliphatic carbocycles. The van der Waals surface area contributed by atoms with E-state index >= 15 is 0 Å². The Morgan fingerprint density at radius 1 is 1.11 bits per heavy atom. The molecule has 2 aliphatic rings. The third kappa shape index (κ3) is 4.29. The van der Waals surface area contributed by atoms with Gasteiger partial charge in [0.1, 0.15) is 17.8 Å². The highest BCUT2D eigenvalue weighted by atomic mass is 19.4. The summed E-state index contributed by atoms with van der Waals surface area (Å²) in [6, 6.07) is 3.68. The predicted molar refractivity (Wildman–Crippen MR) is 98.9 cm³/mol. The standard InChI is InChI=1S/C19H25F3N6/c1-26-14(4-8-25-26)5-9-27-10-6-16(7-11-27)28(15-2-3-15)18-12-17(19(20,21)22)23-13-24-18/h4,8,12-13,15-16H,2-3,5-7,9-11H2,1H3. The number of piperidine rings is 1. The number of hydrogen-bond donors (Lipinski definition) is 0. The van der Waals surface area contributed by atoms with Crippen LogP contribution < -0.4 is 4.90 Å². The molecular weight excluding hydrogens is 369 g/mol. The second-order valence-corrected chi connectivity index (χ2v) is 7.67. The van der Waals surface area contributed by atoms with Crippen LogP contribution in [-0.4, -0.2) is 56.4 Å². The van der Waals surface area contributed by atoms with E-state index < -0.39 is 11.9 Å². The number of aryl methyl sites for hydroxylation is 1. The van der Waals surface area contributed by atoms with E-state index in [-0.39, 0.29) is 6.04 Å². The van der Waals surface area contributed by atoms with Crippen molar-refractivity contribution in [1.82, 2.24) is 24.6 Å². The van der Waals surface area contributed by atoms with Crippen molar-refractivity contribution in [2.24, 2.45) is 7.05 Å². The molecule has 3 heterocycles. The third-order valence-corrected chi connectivity index (χ3v) is 5.71. The molecule has 2 aromatic rings. The smallest absolute Gasteiger partial charge is 0.350 e. The van der Waals surface area contributed by atoms with Crippen LogP contribution in [0.3, 0.4) is 0 Å². The minimum Gasteiger partial charge on any atom is -0.350 e. The molecule has 4 rings (SSSR count). The van der Waals surface area contributed by atoms with Crippen molar-refractivity contribution in [3.05, 3.63) is 36.0 Å². The molecule has 0 bridgehead atoms. The third-order valence-electron chi connectivity index (χ3n) is 5.71. The van der Waals surface area contributed by atoms with Gasteiger partial charge in [-0.3, -0.25) is 4.68 Å². The monoisotopic (exact) mass is 394 g/mol. The van der Waals surface area contributed by atoms with Crippen LogP contribution in [0.15, 0.2) is 24.7 Å². The van der Waals surface area contributed by atoms with Crippen LogP contribution in [0.25, 0.3) is 0 Å². The van der Waals surface area contributed by atoms with Crippen LogP contribution in [0.4, 0.5) is 19.0 Å². The van der Waals surface area contributed by atoms with E-state index in [1.165, 1.54) is 5.69 Å². The van der Waals surface area contributed by atoms with Gasteiger partial charge in [-0.05, 0) is 31.7 Å². The molecule has 152 valence electrons. The van der Waals surface area contributed by atoms with Crippen molar-refractivity contribution < 1.29 is 13.2 Å². The number of alkyl halides is 3. The maximum atomic E-state index is 13.0. The summed E-state index contributed by atoms with van der Waals surface area (Å²) in [5.74, 6) is 0.415. The summed E-state index contributed by atoms with van der Waals surface area (Å²) >= 11 is 0. The summed E-state index contributed by atoms with van der Waals surface area (Å²) in [5.41, 5.74) is 0.346. The largest absolute Gasteiger partial charge is 0.433 e. The number of rotatable bonds is 6. The Morgan fingerprint density at radius 2 is 1.82 bits per heavy atom. The maximum absolute atomic E-state index is 13.0. The van der Waals surface area contributed by atoms with Crippen LogP contribution in [0, 0.1) is 0 Å². The first-order valence-corrected chi connectivity index (χ1v) is 9.78. The maximum Gasteiger partial charge on any atom is 0.433 e. The molecule has 1 saturated heterocycles. The summed E-state index contributed by atoms with van der Waals surface area (Å²) in [6.45, 7) is 2.87. The fourth-order valence-electron chi connectivity index (χ4n) is 4.01. The lowest BCUT2D eigenvalue weighted by molar-refractivity contribution is -0.141. The number of hydrogen-bond acceptors (Lipinski definition) is 5. The highest BCUT2D eigenvalue weighted by Gasteiger charge is 2.38. The Morgan fingerprint density at radius 3 is 2.43 bits per heavy atom. The zero-order valence-corrected chi connectivity index (χ0v) is 15.9. The van der Waals surface area contributed by atoms with Gasteiger partial charge in [-0.25, -0.2) is 9.97 Å². The second-order valence-electron chi connectivity index (χ2n) is 7.67. The Kier molecular flexibility index (Phi) is 5.27. The molecule has 0 N–H and O–H groups in total. The molecule has 0 spiro atoms. The Labute approximate surface area is 162 Å². The van der Waals surface area contributed by atoms with E-state index in [2.05, 4.69) is 24.9 Å². The van der Waals surface area contributed by atoms with Gasteiger partial charge < -0.3 is 9.80 Å². The fraction of sp³-hybridized carbons (Fsp3) is 0.632. The van der Waals surface area contributed by atoms with Crippen LogP contribution in [0.1, 0.15) is 37.1 Å². The molecule has 2 fully saturated rings. The molecular formula is C19H25F3N6. The van der Waals surface area contributed by atoms with Gasteiger partial charge in [-0.1, -0.05) is 0 Å². The molecule has 6 nitrogen and oxygen atoms in total. The van der Waals surface area contributed by atoms with Crippen molar-refractivity contribution in [2.45, 2.75) is 50.4 Å². The summed E-state index contributed by atoms with van der Waals surface area (Å²) < 4.78 is 41.0. The molecule has 0 radical (unpaired) electrons. The van der Waals surface area contributed by atoms with Crippen molar-refractivity contribution in [3.63, 3.8) is 0 Å². The van der Waals surface area contributed by atoms with Crippen molar-refractivity contribution in [1.29, 1.82) is 0 Å². The van der Waals surface area contributed by atoms with Gasteiger partial charge in [0.25, 0.3) is 0 Å². The van der Waals surface area contributed by atoms with Crippen molar-refractivity contribution in [3.8, 4) is 0 Å². The van der Waals surface area contributed by atoms with E-state index in [1.54, 1.807) is 0 Å². The minimum atomic E-state index is -4.44. The Balaban J connectivity index is 1.39. The molecule has 0 amide bonds. The first kappa shape index (κ1) is 19.2.